The molecule has 162 valence electrons. The van der Waals surface area contributed by atoms with E-state index in [1.165, 1.54) is 30.4 Å². The zero-order valence-corrected chi connectivity index (χ0v) is 18.0. The number of urea groups is 1. The van der Waals surface area contributed by atoms with Crippen LogP contribution >= 0.6 is 0 Å². The van der Waals surface area contributed by atoms with Crippen molar-refractivity contribution in [3.63, 3.8) is 0 Å². The number of nitrogens with zero attached hydrogens (tertiary/aromatic N) is 2. The van der Waals surface area contributed by atoms with E-state index in [0.29, 0.717) is 6.61 Å². The van der Waals surface area contributed by atoms with Crippen LogP contribution in [0.15, 0.2) is 60.2 Å². The molecule has 31 heavy (non-hydrogen) atoms. The van der Waals surface area contributed by atoms with Crippen LogP contribution in [0.1, 0.15) is 31.2 Å². The fraction of sp³-hybridized carbons (Fsp3) is 0.423. The quantitative estimate of drug-likeness (QED) is 0.750. The highest BCUT2D eigenvalue weighted by Crippen LogP contribution is 2.29. The molecule has 3 heterocycles. The molecule has 0 spiro atoms. The van der Waals surface area contributed by atoms with Gasteiger partial charge in [0.2, 0.25) is 0 Å². The van der Waals surface area contributed by atoms with Gasteiger partial charge in [-0.25, -0.2) is 4.79 Å². The minimum Gasteiger partial charge on any atom is -0.489 e. The normalized spacial score (nSPS) is 21.9. The lowest BCUT2D eigenvalue weighted by atomic mass is 9.90. The Hall–Kier alpha value is -2.79. The number of hydrogen-bond donors (Lipinski definition) is 1. The molecule has 3 aliphatic rings. The highest BCUT2D eigenvalue weighted by atomic mass is 16.5. The van der Waals surface area contributed by atoms with Gasteiger partial charge in [-0.1, -0.05) is 36.4 Å². The first-order chi connectivity index (χ1) is 15.3. The van der Waals surface area contributed by atoms with E-state index in [-0.39, 0.29) is 12.1 Å². The largest absolute Gasteiger partial charge is 0.489 e. The summed E-state index contributed by atoms with van der Waals surface area (Å²) in [5.41, 5.74) is 3.56. The predicted molar refractivity (Wildman–Crippen MR) is 124 cm³/mol. The fourth-order valence-corrected chi connectivity index (χ4v) is 5.10. The summed E-state index contributed by atoms with van der Waals surface area (Å²) in [6.07, 6.45) is 7.03. The Morgan fingerprint density at radius 2 is 1.74 bits per heavy atom. The van der Waals surface area contributed by atoms with Gasteiger partial charge in [0.1, 0.15) is 12.4 Å². The van der Waals surface area contributed by atoms with Crippen molar-refractivity contribution < 1.29 is 9.53 Å². The molecule has 5 heteroatoms. The predicted octanol–water partition coefficient (Wildman–Crippen LogP) is 4.55. The number of hydrogen-bond acceptors (Lipinski definition) is 3. The molecule has 0 aromatic heterocycles. The number of carbonyl (C=O) groups is 1. The van der Waals surface area contributed by atoms with E-state index in [1.807, 2.05) is 47.4 Å². The van der Waals surface area contributed by atoms with E-state index in [0.717, 1.165) is 50.0 Å². The van der Waals surface area contributed by atoms with Gasteiger partial charge < -0.3 is 10.1 Å². The van der Waals surface area contributed by atoms with Crippen LogP contribution in [-0.2, 0) is 0 Å². The smallest absolute Gasteiger partial charge is 0.322 e. The van der Waals surface area contributed by atoms with Crippen molar-refractivity contribution in [3.05, 3.63) is 65.7 Å². The Labute approximate surface area is 184 Å². The van der Waals surface area contributed by atoms with Gasteiger partial charge in [-0.2, -0.15) is 0 Å². The van der Waals surface area contributed by atoms with Gasteiger partial charge in [0.05, 0.1) is 6.04 Å². The molecule has 0 saturated carbocycles. The van der Waals surface area contributed by atoms with Gasteiger partial charge in [0.25, 0.3) is 0 Å². The van der Waals surface area contributed by atoms with Crippen molar-refractivity contribution in [1.29, 1.82) is 0 Å². The second-order valence-electron chi connectivity index (χ2n) is 8.97. The van der Waals surface area contributed by atoms with Gasteiger partial charge in [-0.3, -0.25) is 9.80 Å². The second-order valence-corrected chi connectivity index (χ2v) is 8.97. The molecule has 2 aromatic rings. The molecule has 3 aliphatic heterocycles. The highest BCUT2D eigenvalue weighted by Gasteiger charge is 2.32. The minimum absolute atomic E-state index is 0.0376. The lowest BCUT2D eigenvalue weighted by Crippen LogP contribution is -2.37. The third-order valence-electron chi connectivity index (χ3n) is 6.84. The molecule has 5 nitrogen and oxygen atoms in total. The molecule has 0 aliphatic carbocycles. The van der Waals surface area contributed by atoms with Crippen LogP contribution < -0.4 is 15.0 Å². The first-order valence-electron chi connectivity index (χ1n) is 11.5. The van der Waals surface area contributed by atoms with Gasteiger partial charge in [-0.15, -0.1) is 0 Å². The van der Waals surface area contributed by atoms with E-state index < -0.39 is 0 Å². The summed E-state index contributed by atoms with van der Waals surface area (Å²) in [4.78, 5) is 16.9. The molecule has 2 fully saturated rings. The van der Waals surface area contributed by atoms with E-state index in [9.17, 15) is 4.79 Å². The van der Waals surface area contributed by atoms with Crippen molar-refractivity contribution in [2.45, 2.75) is 31.7 Å². The van der Waals surface area contributed by atoms with Gasteiger partial charge >= 0.3 is 6.03 Å². The standard InChI is InChI=1S/C26H31N3O2/c30-26-27-17-24(29(26)23-7-2-1-3-8-23)11-10-20-12-14-28(15-13-20)18-21-16-22-6-4-5-9-25(22)31-19-21/h1-9,16,20,24H,10-15,17-19H2,(H,27,30). The van der Waals surface area contributed by atoms with Crippen LogP contribution in [0.3, 0.4) is 0 Å². The van der Waals surface area contributed by atoms with Crippen molar-refractivity contribution in [1.82, 2.24) is 10.2 Å². The maximum absolute atomic E-state index is 12.3. The summed E-state index contributed by atoms with van der Waals surface area (Å²) in [6, 6.07) is 18.6. The summed E-state index contributed by atoms with van der Waals surface area (Å²) in [6.45, 7) is 4.75. The van der Waals surface area contributed by atoms with Crippen LogP contribution in [0.2, 0.25) is 0 Å². The lowest BCUT2D eigenvalue weighted by molar-refractivity contribution is 0.183. The topological polar surface area (TPSA) is 44.8 Å². The van der Waals surface area contributed by atoms with Gasteiger partial charge in [0, 0.05) is 24.3 Å². The number of nitrogens with one attached hydrogen (secondary N) is 1. The molecule has 2 amide bonds. The molecule has 2 saturated heterocycles. The van der Waals surface area contributed by atoms with Crippen LogP contribution in [0.4, 0.5) is 10.5 Å². The maximum atomic E-state index is 12.3. The Kier molecular flexibility index (Phi) is 5.94. The number of likely N-dealkylation sites (tertiary alicyclic amines) is 1. The zero-order valence-electron chi connectivity index (χ0n) is 18.0. The average molecular weight is 418 g/mol. The first kappa shape index (κ1) is 20.1. The van der Waals surface area contributed by atoms with Gasteiger partial charge in [-0.05, 0) is 74.5 Å². The summed E-state index contributed by atoms with van der Waals surface area (Å²) < 4.78 is 5.92. The first-order valence-corrected chi connectivity index (χ1v) is 11.5. The molecule has 0 bridgehead atoms. The molecule has 1 atom stereocenters. The molecular formula is C26H31N3O2. The van der Waals surface area contributed by atoms with Gasteiger partial charge in [0.15, 0.2) is 0 Å². The van der Waals surface area contributed by atoms with Crippen molar-refractivity contribution in [3.8, 4) is 5.75 Å². The number of para-hydroxylation sites is 2. The van der Waals surface area contributed by atoms with E-state index in [4.69, 9.17) is 4.74 Å². The van der Waals surface area contributed by atoms with E-state index in [2.05, 4.69) is 28.4 Å². The third-order valence-corrected chi connectivity index (χ3v) is 6.84. The number of benzene rings is 2. The second kappa shape index (κ2) is 9.15. The van der Waals surface area contributed by atoms with E-state index >= 15 is 0 Å². The summed E-state index contributed by atoms with van der Waals surface area (Å²) in [5.74, 6) is 1.75. The number of piperidine rings is 1. The van der Waals surface area contributed by atoms with Crippen molar-refractivity contribution in [2.75, 3.05) is 37.7 Å². The Morgan fingerprint density at radius 3 is 2.58 bits per heavy atom. The summed E-state index contributed by atoms with van der Waals surface area (Å²) in [5, 5.41) is 3.03. The summed E-state index contributed by atoms with van der Waals surface area (Å²) in [7, 11) is 0. The van der Waals surface area contributed by atoms with Crippen LogP contribution in [0.25, 0.3) is 6.08 Å². The number of fused-ring (bicyclic) bond motifs is 1. The van der Waals surface area contributed by atoms with Crippen LogP contribution in [0.5, 0.6) is 5.75 Å². The molecule has 1 unspecified atom stereocenters. The maximum Gasteiger partial charge on any atom is 0.322 e. The number of amides is 2. The Bertz CT molecular complexity index is 935. The Balaban J connectivity index is 1.10. The number of rotatable bonds is 6. The average Bonchev–Trinajstić information content (AvgIpc) is 3.19. The number of ether oxygens (including phenoxy) is 1. The highest BCUT2D eigenvalue weighted by molar-refractivity contribution is 5.94. The molecule has 1 N–H and O–H groups in total. The van der Waals surface area contributed by atoms with Crippen LogP contribution in [-0.4, -0.2) is 49.8 Å². The zero-order chi connectivity index (χ0) is 21.0. The molecule has 5 rings (SSSR count). The molecule has 0 radical (unpaired) electrons. The number of anilines is 1. The fourth-order valence-electron chi connectivity index (χ4n) is 5.10. The summed E-state index contributed by atoms with van der Waals surface area (Å²) >= 11 is 0. The minimum atomic E-state index is 0.0376. The monoisotopic (exact) mass is 417 g/mol. The molecular weight excluding hydrogens is 386 g/mol. The SMILES string of the molecule is O=C1NCC(CCC2CCN(CC3=Cc4ccccc4OC3)CC2)N1c1ccccc1. The van der Waals surface area contributed by atoms with Crippen molar-refractivity contribution in [2.24, 2.45) is 5.92 Å². The third kappa shape index (κ3) is 4.62. The van der Waals surface area contributed by atoms with Crippen molar-refractivity contribution >= 4 is 17.8 Å². The lowest BCUT2D eigenvalue weighted by Gasteiger charge is -2.34. The Morgan fingerprint density at radius 1 is 0.968 bits per heavy atom. The van der Waals surface area contributed by atoms with E-state index in [1.54, 1.807) is 0 Å². The molecule has 2 aromatic carbocycles. The number of carbonyl (C=O) groups excluding carboxylic acids is 1. The van der Waals surface area contributed by atoms with Crippen LogP contribution in [0, 0.1) is 5.92 Å².